The molecule has 1 rings (SSSR count). The lowest BCUT2D eigenvalue weighted by atomic mass is 10.1. The zero-order valence-electron chi connectivity index (χ0n) is 7.62. The van der Waals surface area contributed by atoms with Crippen molar-refractivity contribution in [2.24, 2.45) is 0 Å². The normalized spacial score (nSPS) is 12.8. The lowest BCUT2D eigenvalue weighted by Crippen LogP contribution is -2.08. The molecule has 0 saturated heterocycles. The van der Waals surface area contributed by atoms with Crippen molar-refractivity contribution in [1.29, 1.82) is 0 Å². The summed E-state index contributed by atoms with van der Waals surface area (Å²) >= 11 is 2.30. The first-order valence-electron chi connectivity index (χ1n) is 4.61. The molecule has 2 heteroatoms. The average Bonchev–Trinajstić information content (AvgIpc) is 2.17. The first-order valence-corrected chi connectivity index (χ1v) is 6.13. The molecule has 1 aromatic rings. The molecule has 0 heterocycles. The van der Waals surface area contributed by atoms with Gasteiger partial charge in [-0.15, -0.1) is 0 Å². The monoisotopic (exact) mass is 290 g/mol. The van der Waals surface area contributed by atoms with Crippen molar-refractivity contribution in [3.05, 3.63) is 35.9 Å². The second-order valence-electron chi connectivity index (χ2n) is 3.16. The van der Waals surface area contributed by atoms with Gasteiger partial charge in [0.15, 0.2) is 0 Å². The van der Waals surface area contributed by atoms with Crippen LogP contribution in [0.1, 0.15) is 18.4 Å². The zero-order valence-corrected chi connectivity index (χ0v) is 9.78. The molecule has 0 amide bonds. The van der Waals surface area contributed by atoms with E-state index < -0.39 is 0 Å². The molecule has 0 radical (unpaired) electrons. The van der Waals surface area contributed by atoms with Gasteiger partial charge >= 0.3 is 0 Å². The van der Waals surface area contributed by atoms with Crippen molar-refractivity contribution >= 4 is 22.6 Å². The summed E-state index contributed by atoms with van der Waals surface area (Å²) in [7, 11) is 0. The first kappa shape index (κ1) is 11.0. The van der Waals surface area contributed by atoms with Gasteiger partial charge < -0.3 is 5.11 Å². The number of alkyl halides is 1. The van der Waals surface area contributed by atoms with E-state index in [-0.39, 0.29) is 6.10 Å². The third-order valence-electron chi connectivity index (χ3n) is 2.05. The Morgan fingerprint density at radius 2 is 1.85 bits per heavy atom. The summed E-state index contributed by atoms with van der Waals surface area (Å²) in [6, 6.07) is 10.3. The molecule has 0 aliphatic heterocycles. The van der Waals surface area contributed by atoms with Gasteiger partial charge in [0.1, 0.15) is 0 Å². The van der Waals surface area contributed by atoms with Gasteiger partial charge in [0.05, 0.1) is 6.10 Å². The Kier molecular flexibility index (Phi) is 5.39. The van der Waals surface area contributed by atoms with Crippen LogP contribution in [-0.4, -0.2) is 15.6 Å². The second kappa shape index (κ2) is 6.38. The predicted octanol–water partition coefficient (Wildman–Crippen LogP) is 2.81. The Bertz CT molecular complexity index is 223. The Morgan fingerprint density at radius 1 is 1.15 bits per heavy atom. The van der Waals surface area contributed by atoms with Crippen LogP contribution in [0.2, 0.25) is 0 Å². The van der Waals surface area contributed by atoms with E-state index in [1.807, 2.05) is 18.2 Å². The molecule has 0 aromatic heterocycles. The highest BCUT2D eigenvalue weighted by Crippen LogP contribution is 2.07. The van der Waals surface area contributed by atoms with E-state index in [1.54, 1.807) is 0 Å². The number of benzene rings is 1. The van der Waals surface area contributed by atoms with E-state index in [1.165, 1.54) is 5.56 Å². The van der Waals surface area contributed by atoms with E-state index in [2.05, 4.69) is 34.7 Å². The fraction of sp³-hybridized carbons (Fsp3) is 0.455. The van der Waals surface area contributed by atoms with Gasteiger partial charge in [0.25, 0.3) is 0 Å². The Labute approximate surface area is 93.3 Å². The van der Waals surface area contributed by atoms with E-state index in [9.17, 15) is 5.11 Å². The SMILES string of the molecule is OC(CCI)CCc1ccccc1. The molecule has 0 saturated carbocycles. The topological polar surface area (TPSA) is 20.2 Å². The lowest BCUT2D eigenvalue weighted by Gasteiger charge is -2.07. The van der Waals surface area contributed by atoms with Crippen LogP contribution in [0.4, 0.5) is 0 Å². The van der Waals surface area contributed by atoms with Crippen LogP contribution >= 0.6 is 22.6 Å². The highest BCUT2D eigenvalue weighted by molar-refractivity contribution is 14.1. The fourth-order valence-electron chi connectivity index (χ4n) is 1.25. The van der Waals surface area contributed by atoms with Gasteiger partial charge in [0.2, 0.25) is 0 Å². The number of hydrogen-bond donors (Lipinski definition) is 1. The molecule has 1 aromatic carbocycles. The van der Waals surface area contributed by atoms with Crippen LogP contribution in [0.3, 0.4) is 0 Å². The summed E-state index contributed by atoms with van der Waals surface area (Å²) in [5.74, 6) is 0. The number of hydrogen-bond acceptors (Lipinski definition) is 1. The minimum atomic E-state index is -0.128. The van der Waals surface area contributed by atoms with Gasteiger partial charge in [-0.2, -0.15) is 0 Å². The number of aliphatic hydroxyl groups is 1. The summed E-state index contributed by atoms with van der Waals surface area (Å²) in [6.07, 6.45) is 2.65. The molecule has 0 spiro atoms. The summed E-state index contributed by atoms with van der Waals surface area (Å²) in [5, 5.41) is 9.51. The largest absolute Gasteiger partial charge is 0.393 e. The molecule has 72 valence electrons. The minimum Gasteiger partial charge on any atom is -0.393 e. The van der Waals surface area contributed by atoms with Crippen LogP contribution in [0.5, 0.6) is 0 Å². The summed E-state index contributed by atoms with van der Waals surface area (Å²) in [4.78, 5) is 0. The van der Waals surface area contributed by atoms with E-state index in [0.29, 0.717) is 0 Å². The van der Waals surface area contributed by atoms with Crippen molar-refractivity contribution in [3.8, 4) is 0 Å². The van der Waals surface area contributed by atoms with Crippen LogP contribution in [0.15, 0.2) is 30.3 Å². The molecule has 0 fully saturated rings. The minimum absolute atomic E-state index is 0.128. The van der Waals surface area contributed by atoms with E-state index >= 15 is 0 Å². The van der Waals surface area contributed by atoms with Gasteiger partial charge in [-0.25, -0.2) is 0 Å². The van der Waals surface area contributed by atoms with Gasteiger partial charge in [-0.05, 0) is 24.8 Å². The maximum Gasteiger partial charge on any atom is 0.0550 e. The van der Waals surface area contributed by atoms with E-state index in [0.717, 1.165) is 23.7 Å². The van der Waals surface area contributed by atoms with Crippen molar-refractivity contribution in [1.82, 2.24) is 0 Å². The summed E-state index contributed by atoms with van der Waals surface area (Å²) in [6.45, 7) is 0. The average molecular weight is 290 g/mol. The van der Waals surface area contributed by atoms with Crippen LogP contribution in [0, 0.1) is 0 Å². The molecular formula is C11H15IO. The van der Waals surface area contributed by atoms with Crippen molar-refractivity contribution in [2.45, 2.75) is 25.4 Å². The molecule has 0 aliphatic carbocycles. The standard InChI is InChI=1S/C11H15IO/c12-9-8-11(13)7-6-10-4-2-1-3-5-10/h1-5,11,13H,6-9H2. The maximum atomic E-state index is 9.51. The molecule has 1 nitrogen and oxygen atoms in total. The molecule has 1 atom stereocenters. The third kappa shape index (κ3) is 4.62. The van der Waals surface area contributed by atoms with Crippen molar-refractivity contribution < 1.29 is 5.11 Å². The molecule has 13 heavy (non-hydrogen) atoms. The number of halogens is 1. The highest BCUT2D eigenvalue weighted by Gasteiger charge is 2.02. The first-order chi connectivity index (χ1) is 6.33. The number of rotatable bonds is 5. The van der Waals surface area contributed by atoms with Crippen molar-refractivity contribution in [2.75, 3.05) is 4.43 Å². The Balaban J connectivity index is 2.27. The third-order valence-corrected chi connectivity index (χ3v) is 2.67. The number of aliphatic hydroxyl groups excluding tert-OH is 1. The fourth-order valence-corrected chi connectivity index (χ4v) is 1.97. The van der Waals surface area contributed by atoms with Crippen LogP contribution in [-0.2, 0) is 6.42 Å². The zero-order chi connectivity index (χ0) is 9.52. The predicted molar refractivity (Wildman–Crippen MR) is 64.3 cm³/mol. The Hall–Kier alpha value is -0.0900. The van der Waals surface area contributed by atoms with Gasteiger partial charge in [-0.1, -0.05) is 52.9 Å². The van der Waals surface area contributed by atoms with Crippen LogP contribution in [0.25, 0.3) is 0 Å². The molecule has 0 bridgehead atoms. The summed E-state index contributed by atoms with van der Waals surface area (Å²) in [5.41, 5.74) is 1.31. The Morgan fingerprint density at radius 3 is 2.46 bits per heavy atom. The molecular weight excluding hydrogens is 275 g/mol. The smallest absolute Gasteiger partial charge is 0.0550 e. The quantitative estimate of drug-likeness (QED) is 0.653. The summed E-state index contributed by atoms with van der Waals surface area (Å²) < 4.78 is 1.04. The number of aryl methyl sites for hydroxylation is 1. The van der Waals surface area contributed by atoms with Gasteiger partial charge in [0, 0.05) is 4.43 Å². The lowest BCUT2D eigenvalue weighted by molar-refractivity contribution is 0.163. The molecule has 0 aliphatic rings. The van der Waals surface area contributed by atoms with E-state index in [4.69, 9.17) is 0 Å². The second-order valence-corrected chi connectivity index (χ2v) is 4.23. The maximum absolute atomic E-state index is 9.51. The highest BCUT2D eigenvalue weighted by atomic mass is 127. The van der Waals surface area contributed by atoms with Crippen molar-refractivity contribution in [3.63, 3.8) is 0 Å². The molecule has 1 unspecified atom stereocenters. The van der Waals surface area contributed by atoms with Crippen LogP contribution < -0.4 is 0 Å². The molecule has 1 N–H and O–H groups in total. The van der Waals surface area contributed by atoms with Gasteiger partial charge in [-0.3, -0.25) is 0 Å².